The van der Waals surface area contributed by atoms with Gasteiger partial charge in [0, 0.05) is 82.5 Å². The molecule has 0 aromatic rings. The highest BCUT2D eigenvalue weighted by molar-refractivity contribution is 5.88. The predicted molar refractivity (Wildman–Crippen MR) is 302 cm³/mol. The van der Waals surface area contributed by atoms with E-state index in [1.165, 1.54) is 0 Å². The zero-order valence-electron chi connectivity index (χ0n) is 48.7. The lowest BCUT2D eigenvalue weighted by molar-refractivity contribution is -0.333. The molecule has 14 N–H and O–H groups in total. The first-order valence-electron chi connectivity index (χ1n) is 28.6. The third kappa shape index (κ3) is 25.1. The molecule has 2 aliphatic rings. The summed E-state index contributed by atoms with van der Waals surface area (Å²) in [7, 11) is 3.54. The third-order valence-corrected chi connectivity index (χ3v) is 15.7. The first-order chi connectivity index (χ1) is 36.6. The van der Waals surface area contributed by atoms with E-state index >= 15 is 0 Å². The molecule has 19 atom stereocenters. The average Bonchev–Trinajstić information content (AvgIpc) is 3.40. The van der Waals surface area contributed by atoms with E-state index in [1.54, 1.807) is 85.9 Å². The average molecular weight is 1110 g/mol. The molecule has 2 rings (SSSR count). The Labute approximate surface area is 465 Å². The van der Waals surface area contributed by atoms with Crippen molar-refractivity contribution in [3.8, 4) is 0 Å². The van der Waals surface area contributed by atoms with Crippen molar-refractivity contribution in [2.24, 2.45) is 46.2 Å². The van der Waals surface area contributed by atoms with Crippen LogP contribution in [0.1, 0.15) is 152 Å². The van der Waals surface area contributed by atoms with Gasteiger partial charge in [-0.1, -0.05) is 97.1 Å². The number of carbonyl (C=O) groups excluding carboxylic acids is 2. The molecule has 2 heterocycles. The van der Waals surface area contributed by atoms with Crippen LogP contribution >= 0.6 is 0 Å². The quantitative estimate of drug-likeness (QED) is 0.0429. The lowest BCUT2D eigenvalue weighted by Crippen LogP contribution is -2.60. The fourth-order valence-corrected chi connectivity index (χ4v) is 9.79. The van der Waals surface area contributed by atoms with Gasteiger partial charge in [-0.3, -0.25) is 9.79 Å². The lowest BCUT2D eigenvalue weighted by Gasteiger charge is -2.45. The summed E-state index contributed by atoms with van der Waals surface area (Å²) in [6, 6.07) is -1.02. The van der Waals surface area contributed by atoms with Crippen molar-refractivity contribution in [1.29, 1.82) is 0 Å². The van der Waals surface area contributed by atoms with Gasteiger partial charge in [0.2, 0.25) is 0 Å². The van der Waals surface area contributed by atoms with Gasteiger partial charge in [0.15, 0.2) is 11.7 Å². The van der Waals surface area contributed by atoms with Gasteiger partial charge in [0.1, 0.15) is 24.4 Å². The monoisotopic (exact) mass is 1110 g/mol. The van der Waals surface area contributed by atoms with E-state index in [0.717, 1.165) is 44.6 Å². The number of ether oxygens (including phenoxy) is 3. The zero-order valence-corrected chi connectivity index (χ0v) is 48.7. The van der Waals surface area contributed by atoms with Crippen LogP contribution in [-0.2, 0) is 23.8 Å². The topological polar surface area (TPSA) is 327 Å². The van der Waals surface area contributed by atoms with Gasteiger partial charge in [-0.15, -0.1) is 0 Å². The van der Waals surface area contributed by atoms with Crippen LogP contribution in [0.15, 0.2) is 64.7 Å². The highest BCUT2D eigenvalue weighted by Crippen LogP contribution is 2.36. The summed E-state index contributed by atoms with van der Waals surface area (Å²) < 4.78 is 18.0. The van der Waals surface area contributed by atoms with Crippen molar-refractivity contribution in [3.05, 3.63) is 59.8 Å². The molecule has 0 aliphatic carbocycles. The Morgan fingerprint density at radius 2 is 1.44 bits per heavy atom. The minimum Gasteiger partial charge on any atom is -0.461 e. The largest absolute Gasteiger partial charge is 0.461 e. The summed E-state index contributed by atoms with van der Waals surface area (Å²) in [5.41, 5.74) is 6.98. The number of hydrogen-bond acceptors (Lipinski definition) is 17. The summed E-state index contributed by atoms with van der Waals surface area (Å²) in [6.07, 6.45) is 3.86. The van der Waals surface area contributed by atoms with Crippen LogP contribution in [0.4, 0.5) is 0 Å². The van der Waals surface area contributed by atoms with E-state index in [2.05, 4.69) is 34.7 Å². The molecule has 0 radical (unpaired) electrons. The zero-order chi connectivity index (χ0) is 58.9. The SMILES string of the molecule is CN=C(NC)NCCC/C=C/CCC[C@H](C)[C@@H]1OC(=O)/C(C)=C\C=C/[C@H](C)[C@@H](O)C[C@H](O)[C@@H](C)[C@H](O)CC[C@H](C)[C@@H](O)C[C@@]2(O)O[C@@H](C[C@@H](OC(=O)C(N)C(C)C)C[C@H](O)C[C@@H](O)C[C@H](O)/C(C)=C\C=C/[C@H]1C)C[C@@H](O)[C@@H]2O. The maximum Gasteiger partial charge on any atom is 0.334 e. The number of rotatable bonds is 12. The van der Waals surface area contributed by atoms with Gasteiger partial charge in [-0.2, -0.15) is 0 Å². The molecule has 1 saturated heterocycles. The first-order valence-corrected chi connectivity index (χ1v) is 28.6. The molecule has 0 amide bonds. The Balaban J connectivity index is 2.45. The van der Waals surface area contributed by atoms with E-state index in [4.69, 9.17) is 19.9 Å². The molecular formula is C59H104N4O15. The number of nitrogens with two attached hydrogens (primary N) is 1. The van der Waals surface area contributed by atoms with Gasteiger partial charge in [-0.25, -0.2) is 4.79 Å². The van der Waals surface area contributed by atoms with Crippen LogP contribution in [0.5, 0.6) is 0 Å². The van der Waals surface area contributed by atoms with E-state index < -0.39 is 121 Å². The van der Waals surface area contributed by atoms with Gasteiger partial charge in [-0.05, 0) is 88.5 Å². The Morgan fingerprint density at radius 3 is 2.08 bits per heavy atom. The normalized spacial score (nSPS) is 37.8. The minimum atomic E-state index is -2.46. The molecule has 450 valence electrons. The second-order valence-electron chi connectivity index (χ2n) is 22.9. The van der Waals surface area contributed by atoms with Crippen LogP contribution in [0, 0.1) is 35.5 Å². The molecule has 1 unspecified atom stereocenters. The molecule has 19 nitrogen and oxygen atoms in total. The number of guanidine groups is 1. The lowest BCUT2D eigenvalue weighted by atomic mass is 9.84. The molecule has 0 saturated carbocycles. The Morgan fingerprint density at radius 1 is 0.808 bits per heavy atom. The molecular weight excluding hydrogens is 1000 g/mol. The summed E-state index contributed by atoms with van der Waals surface area (Å²) in [6.45, 7) is 16.7. The molecule has 1 fully saturated rings. The number of nitrogens with one attached hydrogen (secondary N) is 2. The van der Waals surface area contributed by atoms with E-state index in [9.17, 15) is 60.7 Å². The number of aliphatic imine (C=N–C) groups is 1. The molecule has 0 aromatic heterocycles. The second kappa shape index (κ2) is 36.0. The Hall–Kier alpha value is -3.57. The van der Waals surface area contributed by atoms with Crippen LogP contribution < -0.4 is 16.4 Å². The Bertz CT molecular complexity index is 1930. The fraction of sp³-hybridized carbons (Fsp3) is 0.780. The number of esters is 2. The van der Waals surface area contributed by atoms with Gasteiger partial charge in [0.25, 0.3) is 0 Å². The van der Waals surface area contributed by atoms with E-state index in [1.807, 2.05) is 20.0 Å². The Kier molecular flexibility index (Phi) is 32.6. The highest BCUT2D eigenvalue weighted by atomic mass is 16.7. The van der Waals surface area contributed by atoms with Gasteiger partial charge < -0.3 is 81.6 Å². The first kappa shape index (κ1) is 70.5. The van der Waals surface area contributed by atoms with Crippen molar-refractivity contribution in [2.45, 2.75) is 237 Å². The third-order valence-electron chi connectivity index (χ3n) is 15.7. The number of nitrogens with zero attached hydrogens (tertiary/aromatic N) is 1. The van der Waals surface area contributed by atoms with E-state index in [0.29, 0.717) is 11.1 Å². The van der Waals surface area contributed by atoms with Crippen LogP contribution in [0.25, 0.3) is 0 Å². The number of allylic oxidation sites excluding steroid dienone is 6. The number of aliphatic hydroxyl groups excluding tert-OH is 9. The van der Waals surface area contributed by atoms with E-state index in [-0.39, 0.29) is 69.1 Å². The standard InChI is InChI=1S/C59H104N4O15/c1-35(2)53(60)57(74)76-45-29-43(64)28-44(65)30-48(67)36(3)21-18-23-40(7)54(39(6)20-16-14-12-13-15-17-27-63-58(61-10)62-11)77-56(73)41(8)24-19-22-37(4)49(68)33-50(69)42(9)47(66)26-25-38(5)52(71)34-59(75)55(72)51(70)32-46(31-45)78-59/h12-13,18-19,21-24,35,37-40,42-55,64-72,75H,14-17,20,25-34,60H2,1-11H3,(H2,61,62,63)/b13-12+,22-19-,23-18-,36-21-,41-24-/t37-,38-,39-,40+,42-,43+,44+,45-,46-,47+,48-,49-,50-,51+,52-,53?,54-,55-,59+/m0/s1. The van der Waals surface area contributed by atoms with Crippen molar-refractivity contribution < 1.29 is 74.9 Å². The molecule has 78 heavy (non-hydrogen) atoms. The van der Waals surface area contributed by atoms with Crippen LogP contribution in [0.3, 0.4) is 0 Å². The fourth-order valence-electron chi connectivity index (χ4n) is 9.79. The van der Waals surface area contributed by atoms with Gasteiger partial charge in [0.05, 0.1) is 54.9 Å². The molecule has 0 aromatic carbocycles. The van der Waals surface area contributed by atoms with Gasteiger partial charge >= 0.3 is 11.9 Å². The van der Waals surface area contributed by atoms with Crippen molar-refractivity contribution in [2.75, 3.05) is 20.6 Å². The number of carbonyl (C=O) groups is 2. The van der Waals surface area contributed by atoms with Crippen molar-refractivity contribution >= 4 is 17.9 Å². The van der Waals surface area contributed by atoms with Crippen LogP contribution in [0.2, 0.25) is 0 Å². The molecule has 19 heteroatoms. The van der Waals surface area contributed by atoms with Crippen LogP contribution in [-0.4, -0.2) is 175 Å². The summed E-state index contributed by atoms with van der Waals surface area (Å²) in [5, 5.41) is 118. The number of aliphatic hydroxyl groups is 10. The molecule has 2 bridgehead atoms. The maximum atomic E-state index is 13.7. The summed E-state index contributed by atoms with van der Waals surface area (Å²) in [4.78, 5) is 31.0. The van der Waals surface area contributed by atoms with Crippen molar-refractivity contribution in [3.63, 3.8) is 0 Å². The number of cyclic esters (lactones) is 1. The smallest absolute Gasteiger partial charge is 0.334 e. The summed E-state index contributed by atoms with van der Waals surface area (Å²) in [5.74, 6) is -5.29. The highest BCUT2D eigenvalue weighted by Gasteiger charge is 2.50. The number of hydrogen-bond donors (Lipinski definition) is 13. The number of fused-ring (bicyclic) bond motifs is 2. The van der Waals surface area contributed by atoms with Crippen molar-refractivity contribution in [1.82, 2.24) is 10.6 Å². The molecule has 0 spiro atoms. The predicted octanol–water partition coefficient (Wildman–Crippen LogP) is 4.14. The maximum absolute atomic E-state index is 13.7. The number of unbranched alkanes of at least 4 members (excludes halogenated alkanes) is 2. The second-order valence-corrected chi connectivity index (χ2v) is 22.9. The summed E-state index contributed by atoms with van der Waals surface area (Å²) >= 11 is 0. The molecule has 2 aliphatic heterocycles. The minimum absolute atomic E-state index is 0.0395.